The van der Waals surface area contributed by atoms with Crippen LogP contribution in [0.15, 0.2) is 60.7 Å². The Morgan fingerprint density at radius 3 is 2.27 bits per heavy atom. The van der Waals surface area contributed by atoms with Crippen LogP contribution < -0.4 is 0 Å². The molecule has 2 aromatic rings. The molecule has 0 saturated heterocycles. The number of hydrogen-bond acceptors (Lipinski definition) is 2. The van der Waals surface area contributed by atoms with Gasteiger partial charge in [0.15, 0.2) is 12.8 Å². The lowest BCUT2D eigenvalue weighted by atomic mass is 9.91. The van der Waals surface area contributed by atoms with Crippen molar-refractivity contribution in [3.8, 4) is 0 Å². The van der Waals surface area contributed by atoms with Gasteiger partial charge in [0.1, 0.15) is 0 Å². The van der Waals surface area contributed by atoms with E-state index in [0.29, 0.717) is 26.1 Å². The van der Waals surface area contributed by atoms with Crippen molar-refractivity contribution in [3.05, 3.63) is 77.0 Å². The summed E-state index contributed by atoms with van der Waals surface area (Å²) in [5.74, 6) is 0.0715. The highest BCUT2D eigenvalue weighted by molar-refractivity contribution is 5.96. The third kappa shape index (κ3) is 3.50. The monoisotopic (exact) mass is 350 g/mol. The molecule has 136 valence electrons. The van der Waals surface area contributed by atoms with Crippen LogP contribution in [-0.4, -0.2) is 34.9 Å². The summed E-state index contributed by atoms with van der Waals surface area (Å²) >= 11 is 0. The molecule has 0 heterocycles. The number of hydrogen-bond donors (Lipinski definition) is 0. The van der Waals surface area contributed by atoms with Gasteiger partial charge in [-0.1, -0.05) is 60.7 Å². The number of likely N-dealkylation sites (N-methyl/N-ethyl adjacent to an activating group) is 1. The van der Waals surface area contributed by atoms with Gasteiger partial charge in [0.2, 0.25) is 5.91 Å². The molecule has 0 radical (unpaired) electrons. The summed E-state index contributed by atoms with van der Waals surface area (Å²) in [5.41, 5.74) is 1.39. The normalized spacial score (nSPS) is 22.1. The predicted molar refractivity (Wildman–Crippen MR) is 104 cm³/mol. The van der Waals surface area contributed by atoms with Crippen LogP contribution >= 0.6 is 0 Å². The van der Waals surface area contributed by atoms with Crippen molar-refractivity contribution in [2.75, 3.05) is 13.1 Å². The molecule has 0 aromatic heterocycles. The smallest absolute Gasteiger partial charge is 0.234 e. The fourth-order valence-corrected chi connectivity index (χ4v) is 3.71. The molecule has 4 nitrogen and oxygen atoms in total. The number of carbonyl (C=O) groups excluding carboxylic acids is 1. The Kier molecular flexibility index (Phi) is 5.40. The van der Waals surface area contributed by atoms with Crippen LogP contribution in [0.1, 0.15) is 31.4 Å². The SMILES string of the molecule is CCN(CC)C(=O)[C@@]1(c2ccccc2)C[C@H]1/C=[N+](\[O-])Cc1ccccc1. The maximum Gasteiger partial charge on any atom is 0.234 e. The summed E-state index contributed by atoms with van der Waals surface area (Å²) in [5, 5.41) is 12.4. The summed E-state index contributed by atoms with van der Waals surface area (Å²) in [7, 11) is 0. The number of nitrogens with zero attached hydrogens (tertiary/aromatic N) is 2. The van der Waals surface area contributed by atoms with E-state index in [0.717, 1.165) is 15.9 Å². The van der Waals surface area contributed by atoms with Crippen molar-refractivity contribution in [1.82, 2.24) is 4.90 Å². The highest BCUT2D eigenvalue weighted by Gasteiger charge is 2.63. The van der Waals surface area contributed by atoms with E-state index in [1.807, 2.05) is 79.4 Å². The largest absolute Gasteiger partial charge is 0.624 e. The third-order valence-electron chi connectivity index (χ3n) is 5.26. The molecular weight excluding hydrogens is 324 g/mol. The third-order valence-corrected chi connectivity index (χ3v) is 5.26. The molecule has 1 fully saturated rings. The second-order valence-corrected chi connectivity index (χ2v) is 6.84. The van der Waals surface area contributed by atoms with E-state index >= 15 is 0 Å². The van der Waals surface area contributed by atoms with Gasteiger partial charge in [0.25, 0.3) is 0 Å². The van der Waals surface area contributed by atoms with Crippen LogP contribution in [0.25, 0.3) is 0 Å². The van der Waals surface area contributed by atoms with E-state index in [2.05, 4.69) is 0 Å². The van der Waals surface area contributed by atoms with Crippen molar-refractivity contribution >= 4 is 12.1 Å². The first-order valence-electron chi connectivity index (χ1n) is 9.29. The average Bonchev–Trinajstić information content (AvgIpc) is 3.39. The Morgan fingerprint density at radius 2 is 1.69 bits per heavy atom. The molecule has 1 amide bonds. The van der Waals surface area contributed by atoms with Crippen LogP contribution in [0, 0.1) is 11.1 Å². The second kappa shape index (κ2) is 7.73. The van der Waals surface area contributed by atoms with Gasteiger partial charge in [0, 0.05) is 18.7 Å². The van der Waals surface area contributed by atoms with Crippen LogP contribution in [0.4, 0.5) is 0 Å². The van der Waals surface area contributed by atoms with Crippen LogP contribution in [-0.2, 0) is 16.8 Å². The zero-order valence-electron chi connectivity index (χ0n) is 15.5. The second-order valence-electron chi connectivity index (χ2n) is 6.84. The topological polar surface area (TPSA) is 46.4 Å². The van der Waals surface area contributed by atoms with Gasteiger partial charge in [-0.2, -0.15) is 0 Å². The molecular formula is C22H26N2O2. The van der Waals surface area contributed by atoms with Gasteiger partial charge in [0.05, 0.1) is 11.3 Å². The van der Waals surface area contributed by atoms with Crippen molar-refractivity contribution in [1.29, 1.82) is 0 Å². The van der Waals surface area contributed by atoms with E-state index in [9.17, 15) is 10.0 Å². The molecule has 0 spiro atoms. The molecule has 4 heteroatoms. The van der Waals surface area contributed by atoms with Gasteiger partial charge in [-0.15, -0.1) is 0 Å². The lowest BCUT2D eigenvalue weighted by molar-refractivity contribution is -0.471. The number of rotatable bonds is 7. The molecule has 3 rings (SSSR count). The molecule has 1 aliphatic rings. The Balaban J connectivity index is 1.86. The molecule has 0 N–H and O–H groups in total. The Bertz CT molecular complexity index is 769. The molecule has 2 atom stereocenters. The van der Waals surface area contributed by atoms with E-state index in [-0.39, 0.29) is 11.8 Å². The zero-order chi connectivity index (χ0) is 18.6. The quantitative estimate of drug-likeness (QED) is 0.331. The van der Waals surface area contributed by atoms with E-state index in [1.165, 1.54) is 0 Å². The molecule has 1 aliphatic carbocycles. The fourth-order valence-electron chi connectivity index (χ4n) is 3.71. The first kappa shape index (κ1) is 18.2. The molecule has 0 unspecified atom stereocenters. The summed E-state index contributed by atoms with van der Waals surface area (Å²) in [6.45, 7) is 5.66. The fraction of sp³-hybridized carbons (Fsp3) is 0.364. The zero-order valence-corrected chi connectivity index (χ0v) is 15.5. The van der Waals surface area contributed by atoms with Crippen molar-refractivity contribution in [2.24, 2.45) is 5.92 Å². The van der Waals surface area contributed by atoms with E-state index in [4.69, 9.17) is 0 Å². The average molecular weight is 350 g/mol. The minimum Gasteiger partial charge on any atom is -0.624 e. The number of amides is 1. The predicted octanol–water partition coefficient (Wildman–Crippen LogP) is 3.59. The standard InChI is InChI=1S/C22H26N2O2/c1-3-23(4-2)21(25)22(19-13-9-6-10-14-19)15-20(22)17-24(26)16-18-11-7-5-8-12-18/h5-14,17,20H,3-4,15-16H2,1-2H3/b24-17-/t20-,22+/m0/s1. The van der Waals surface area contributed by atoms with Gasteiger partial charge in [-0.05, 0) is 25.8 Å². The van der Waals surface area contributed by atoms with Gasteiger partial charge >= 0.3 is 0 Å². The minimum absolute atomic E-state index is 0.0563. The number of hydroxylamine groups is 1. The molecule has 0 aliphatic heterocycles. The number of benzene rings is 2. The highest BCUT2D eigenvalue weighted by atomic mass is 16.5. The van der Waals surface area contributed by atoms with Gasteiger partial charge in [-0.3, -0.25) is 4.79 Å². The summed E-state index contributed by atoms with van der Waals surface area (Å²) in [6, 6.07) is 19.6. The minimum atomic E-state index is -0.591. The van der Waals surface area contributed by atoms with Crippen LogP contribution in [0.2, 0.25) is 0 Å². The maximum absolute atomic E-state index is 13.2. The van der Waals surface area contributed by atoms with Crippen molar-refractivity contribution in [3.63, 3.8) is 0 Å². The van der Waals surface area contributed by atoms with Gasteiger partial charge in [-0.25, -0.2) is 4.74 Å². The highest BCUT2D eigenvalue weighted by Crippen LogP contribution is 2.54. The Hall–Kier alpha value is -2.62. The Labute approximate surface area is 155 Å². The van der Waals surface area contributed by atoms with E-state index < -0.39 is 5.41 Å². The van der Waals surface area contributed by atoms with Crippen LogP contribution in [0.5, 0.6) is 0 Å². The first-order chi connectivity index (χ1) is 12.6. The maximum atomic E-state index is 13.2. The van der Waals surface area contributed by atoms with Crippen molar-refractivity contribution < 1.29 is 9.53 Å². The lowest BCUT2D eigenvalue weighted by Gasteiger charge is -2.26. The first-order valence-corrected chi connectivity index (χ1v) is 9.29. The summed E-state index contributed by atoms with van der Waals surface area (Å²) in [6.07, 6.45) is 2.39. The molecule has 2 aromatic carbocycles. The summed E-state index contributed by atoms with van der Waals surface area (Å²) in [4.78, 5) is 15.1. The summed E-state index contributed by atoms with van der Waals surface area (Å²) < 4.78 is 0.972. The van der Waals surface area contributed by atoms with Gasteiger partial charge < -0.3 is 10.1 Å². The van der Waals surface area contributed by atoms with Crippen LogP contribution in [0.3, 0.4) is 0 Å². The molecule has 26 heavy (non-hydrogen) atoms. The Morgan fingerprint density at radius 1 is 1.12 bits per heavy atom. The van der Waals surface area contributed by atoms with E-state index in [1.54, 1.807) is 6.21 Å². The molecule has 1 saturated carbocycles. The number of carbonyl (C=O) groups is 1. The van der Waals surface area contributed by atoms with Crippen molar-refractivity contribution in [2.45, 2.75) is 32.2 Å². The molecule has 0 bridgehead atoms. The lowest BCUT2D eigenvalue weighted by Crippen LogP contribution is -2.40.